The molecule has 0 saturated carbocycles. The molecule has 0 bridgehead atoms. The molecule has 0 aliphatic carbocycles. The van der Waals surface area contributed by atoms with E-state index in [1.54, 1.807) is 24.3 Å². The van der Waals surface area contributed by atoms with Gasteiger partial charge in [0.2, 0.25) is 18.6 Å². The van der Waals surface area contributed by atoms with E-state index in [4.69, 9.17) is 9.47 Å². The quantitative estimate of drug-likeness (QED) is 0.744. The maximum Gasteiger partial charge on any atom is 0.231 e. The minimum atomic E-state index is -0.190. The van der Waals surface area contributed by atoms with Gasteiger partial charge in [0.15, 0.2) is 17.3 Å². The van der Waals surface area contributed by atoms with Crippen molar-refractivity contribution in [3.8, 4) is 11.5 Å². The fourth-order valence-corrected chi connectivity index (χ4v) is 2.91. The Morgan fingerprint density at radius 3 is 2.57 bits per heavy atom. The van der Waals surface area contributed by atoms with E-state index in [9.17, 15) is 14.4 Å². The van der Waals surface area contributed by atoms with Gasteiger partial charge in [-0.3, -0.25) is 14.4 Å². The lowest BCUT2D eigenvalue weighted by molar-refractivity contribution is -0.121. The summed E-state index contributed by atoms with van der Waals surface area (Å²) < 4.78 is 10.6. The van der Waals surface area contributed by atoms with Gasteiger partial charge in [-0.2, -0.15) is 0 Å². The smallest absolute Gasteiger partial charge is 0.231 e. The Morgan fingerprint density at radius 2 is 1.82 bits per heavy atom. The number of amides is 2. The van der Waals surface area contributed by atoms with Gasteiger partial charge in [-0.05, 0) is 36.8 Å². The van der Waals surface area contributed by atoms with Crippen LogP contribution in [0.2, 0.25) is 0 Å². The summed E-state index contributed by atoms with van der Waals surface area (Å²) in [6.45, 7) is 3.70. The van der Waals surface area contributed by atoms with Crippen LogP contribution in [-0.2, 0) is 16.1 Å². The van der Waals surface area contributed by atoms with E-state index in [2.05, 4.69) is 5.32 Å². The van der Waals surface area contributed by atoms with Gasteiger partial charge in [0.25, 0.3) is 0 Å². The molecule has 1 aliphatic heterocycles. The van der Waals surface area contributed by atoms with Crippen LogP contribution in [0.25, 0.3) is 0 Å². The molecule has 3 rings (SSSR count). The number of Topliss-reactive ketones (excluding diaryl/α,β-unsaturated/α-hetero) is 1. The molecule has 0 spiro atoms. The highest BCUT2D eigenvalue weighted by Crippen LogP contribution is 2.32. The summed E-state index contributed by atoms with van der Waals surface area (Å²) in [5.74, 6) is 0.919. The minimum absolute atomic E-state index is 0.0770. The van der Waals surface area contributed by atoms with Gasteiger partial charge in [-0.1, -0.05) is 18.2 Å². The number of anilines is 1. The Morgan fingerprint density at radius 1 is 1.04 bits per heavy atom. The Balaban J connectivity index is 1.56. The van der Waals surface area contributed by atoms with Crippen LogP contribution in [0.5, 0.6) is 11.5 Å². The van der Waals surface area contributed by atoms with Crippen LogP contribution in [0.4, 0.5) is 5.69 Å². The highest BCUT2D eigenvalue weighted by Gasteiger charge is 2.16. The molecule has 7 heteroatoms. The van der Waals surface area contributed by atoms with Gasteiger partial charge in [-0.25, -0.2) is 0 Å². The molecule has 146 valence electrons. The van der Waals surface area contributed by atoms with Crippen LogP contribution in [0, 0.1) is 0 Å². The molecule has 1 aliphatic rings. The van der Waals surface area contributed by atoms with Crippen LogP contribution in [-0.4, -0.2) is 30.9 Å². The topological polar surface area (TPSA) is 84.9 Å². The predicted molar refractivity (Wildman–Crippen MR) is 104 cm³/mol. The normalized spacial score (nSPS) is 11.8. The molecular weight excluding hydrogens is 360 g/mol. The van der Waals surface area contributed by atoms with Crippen LogP contribution in [0.15, 0.2) is 42.5 Å². The van der Waals surface area contributed by atoms with Crippen LogP contribution in [0.1, 0.15) is 36.2 Å². The van der Waals surface area contributed by atoms with Crippen molar-refractivity contribution in [1.82, 2.24) is 5.32 Å². The van der Waals surface area contributed by atoms with Gasteiger partial charge >= 0.3 is 0 Å². The molecule has 0 radical (unpaired) electrons. The van der Waals surface area contributed by atoms with Crippen LogP contribution in [0.3, 0.4) is 0 Å². The zero-order valence-corrected chi connectivity index (χ0v) is 15.9. The van der Waals surface area contributed by atoms with E-state index in [0.29, 0.717) is 29.3 Å². The number of benzene rings is 2. The number of nitrogens with one attached hydrogen (secondary N) is 1. The van der Waals surface area contributed by atoms with E-state index in [1.165, 1.54) is 18.7 Å². The number of carbonyl (C=O) groups excluding carboxylic acids is 3. The average molecular weight is 382 g/mol. The minimum Gasteiger partial charge on any atom is -0.454 e. The maximum absolute atomic E-state index is 12.2. The fourth-order valence-electron chi connectivity index (χ4n) is 2.91. The molecular formula is C21H22N2O5. The molecule has 2 aromatic carbocycles. The Labute approximate surface area is 163 Å². The number of ether oxygens (including phenoxy) is 2. The summed E-state index contributed by atoms with van der Waals surface area (Å²) >= 11 is 0. The average Bonchev–Trinajstić information content (AvgIpc) is 3.14. The summed E-state index contributed by atoms with van der Waals surface area (Å²) in [5.41, 5.74) is 2.02. The first kappa shape index (κ1) is 19.4. The number of rotatable bonds is 7. The van der Waals surface area contributed by atoms with Gasteiger partial charge < -0.3 is 19.7 Å². The maximum atomic E-state index is 12.2. The first-order valence-corrected chi connectivity index (χ1v) is 8.98. The van der Waals surface area contributed by atoms with E-state index in [0.717, 1.165) is 5.56 Å². The third-order valence-electron chi connectivity index (χ3n) is 4.43. The van der Waals surface area contributed by atoms with Crippen molar-refractivity contribution >= 4 is 23.3 Å². The van der Waals surface area contributed by atoms with E-state index >= 15 is 0 Å². The molecule has 0 unspecified atom stereocenters. The van der Waals surface area contributed by atoms with Crippen molar-refractivity contribution in [2.24, 2.45) is 0 Å². The van der Waals surface area contributed by atoms with Gasteiger partial charge in [0, 0.05) is 37.7 Å². The number of hydrogen-bond donors (Lipinski definition) is 1. The van der Waals surface area contributed by atoms with Crippen molar-refractivity contribution in [1.29, 1.82) is 0 Å². The van der Waals surface area contributed by atoms with E-state index in [-0.39, 0.29) is 37.4 Å². The number of ketones is 1. The molecule has 0 atom stereocenters. The molecule has 0 fully saturated rings. The summed E-state index contributed by atoms with van der Waals surface area (Å²) in [7, 11) is 0. The first-order chi connectivity index (χ1) is 13.4. The van der Waals surface area contributed by atoms with Crippen LogP contribution >= 0.6 is 0 Å². The van der Waals surface area contributed by atoms with Gasteiger partial charge in [-0.15, -0.1) is 0 Å². The fraction of sp³-hybridized carbons (Fsp3) is 0.286. The van der Waals surface area contributed by atoms with Crippen molar-refractivity contribution in [3.63, 3.8) is 0 Å². The number of hydrogen-bond acceptors (Lipinski definition) is 5. The molecule has 1 heterocycles. The lowest BCUT2D eigenvalue weighted by Gasteiger charge is -2.21. The summed E-state index contributed by atoms with van der Waals surface area (Å²) in [6.07, 6.45) is 0.147. The van der Waals surface area contributed by atoms with E-state index in [1.807, 2.05) is 18.2 Å². The molecule has 2 amide bonds. The summed E-state index contributed by atoms with van der Waals surface area (Å²) in [5, 5.41) is 2.84. The number of nitrogens with zero attached hydrogens (tertiary/aromatic N) is 1. The number of carbonyl (C=O) groups is 3. The van der Waals surface area contributed by atoms with Crippen molar-refractivity contribution in [3.05, 3.63) is 53.6 Å². The Kier molecular flexibility index (Phi) is 5.93. The second kappa shape index (κ2) is 8.56. The predicted octanol–water partition coefficient (Wildman–Crippen LogP) is 2.68. The molecule has 28 heavy (non-hydrogen) atoms. The Bertz CT molecular complexity index is 909. The summed E-state index contributed by atoms with van der Waals surface area (Å²) in [4.78, 5) is 37.3. The standard InChI is InChI=1S/C21H22N2O5/c1-14(24)17-4-3-5-18(11-17)23(15(2)25)9-8-21(26)22-12-16-6-7-19-20(10-16)28-13-27-19/h3-7,10-11H,8-9,12-13H2,1-2H3,(H,22,26). The van der Waals surface area contributed by atoms with Gasteiger partial charge in [0.05, 0.1) is 0 Å². The second-order valence-corrected chi connectivity index (χ2v) is 6.49. The number of fused-ring (bicyclic) bond motifs is 1. The van der Waals surface area contributed by atoms with E-state index < -0.39 is 0 Å². The highest BCUT2D eigenvalue weighted by molar-refractivity contribution is 5.97. The SMILES string of the molecule is CC(=O)c1cccc(N(CCC(=O)NCc2ccc3c(c2)OCO3)C(C)=O)c1. The molecule has 2 aromatic rings. The second-order valence-electron chi connectivity index (χ2n) is 6.49. The molecule has 1 N–H and O–H groups in total. The zero-order chi connectivity index (χ0) is 20.1. The highest BCUT2D eigenvalue weighted by atomic mass is 16.7. The Hall–Kier alpha value is -3.35. The van der Waals surface area contributed by atoms with Crippen molar-refractivity contribution in [2.45, 2.75) is 26.8 Å². The van der Waals surface area contributed by atoms with Crippen LogP contribution < -0.4 is 19.7 Å². The van der Waals surface area contributed by atoms with Gasteiger partial charge in [0.1, 0.15) is 0 Å². The first-order valence-electron chi connectivity index (χ1n) is 8.98. The third-order valence-corrected chi connectivity index (χ3v) is 4.43. The van der Waals surface area contributed by atoms with Crippen molar-refractivity contribution < 1.29 is 23.9 Å². The molecule has 7 nitrogen and oxygen atoms in total. The van der Waals surface area contributed by atoms with Crippen molar-refractivity contribution in [2.75, 3.05) is 18.2 Å². The lowest BCUT2D eigenvalue weighted by atomic mass is 10.1. The third kappa shape index (κ3) is 4.68. The summed E-state index contributed by atoms with van der Waals surface area (Å²) in [6, 6.07) is 12.3. The largest absolute Gasteiger partial charge is 0.454 e. The molecule has 0 saturated heterocycles. The zero-order valence-electron chi connectivity index (χ0n) is 15.9. The monoisotopic (exact) mass is 382 g/mol. The lowest BCUT2D eigenvalue weighted by Crippen LogP contribution is -2.33. The molecule has 0 aromatic heterocycles.